The molecule has 1 fully saturated rings. The van der Waals surface area contributed by atoms with E-state index in [-0.39, 0.29) is 28.9 Å². The highest BCUT2D eigenvalue weighted by atomic mass is 28.4. The van der Waals surface area contributed by atoms with Gasteiger partial charge < -0.3 is 33.8 Å². The molecular formula is C43H48N6O7Si. The average Bonchev–Trinajstić information content (AvgIpc) is 3.79. The van der Waals surface area contributed by atoms with Crippen molar-refractivity contribution >= 4 is 31.2 Å². The van der Waals surface area contributed by atoms with E-state index in [9.17, 15) is 9.90 Å². The molecule has 0 saturated carbocycles. The van der Waals surface area contributed by atoms with Gasteiger partial charge in [0.1, 0.15) is 41.7 Å². The van der Waals surface area contributed by atoms with E-state index >= 15 is 0 Å². The van der Waals surface area contributed by atoms with Crippen LogP contribution < -0.4 is 14.8 Å². The van der Waals surface area contributed by atoms with Gasteiger partial charge in [0, 0.05) is 5.56 Å². The van der Waals surface area contributed by atoms with E-state index in [1.807, 2.05) is 84.9 Å². The van der Waals surface area contributed by atoms with E-state index in [0.29, 0.717) is 22.7 Å². The van der Waals surface area contributed by atoms with Crippen molar-refractivity contribution in [1.82, 2.24) is 25.0 Å². The molecule has 3 heterocycles. The maximum Gasteiger partial charge on any atom is 0.256 e. The summed E-state index contributed by atoms with van der Waals surface area (Å²) >= 11 is 0. The molecule has 1 amide bonds. The predicted octanol–water partition coefficient (Wildman–Crippen LogP) is 7.15. The van der Waals surface area contributed by atoms with Crippen molar-refractivity contribution in [3.63, 3.8) is 0 Å². The van der Waals surface area contributed by atoms with Crippen molar-refractivity contribution in [3.05, 3.63) is 138 Å². The first-order valence-corrected chi connectivity index (χ1v) is 21.7. The van der Waals surface area contributed by atoms with Crippen molar-refractivity contribution in [2.45, 2.75) is 69.0 Å². The molecule has 1 aliphatic rings. The number of ether oxygens (including phenoxy) is 4. The minimum Gasteiger partial charge on any atom is -0.497 e. The zero-order chi connectivity index (χ0) is 40.4. The van der Waals surface area contributed by atoms with Crippen molar-refractivity contribution in [1.29, 1.82) is 0 Å². The predicted molar refractivity (Wildman–Crippen MR) is 218 cm³/mol. The van der Waals surface area contributed by atoms with Gasteiger partial charge in [-0.1, -0.05) is 98.8 Å². The Morgan fingerprint density at radius 1 is 0.825 bits per heavy atom. The smallest absolute Gasteiger partial charge is 0.256 e. The second kappa shape index (κ2) is 16.2. The highest BCUT2D eigenvalue weighted by Gasteiger charge is 2.52. The van der Waals surface area contributed by atoms with Gasteiger partial charge in [-0.05, 0) is 71.2 Å². The minimum atomic E-state index is -2.52. The Bertz CT molecular complexity index is 2240. The van der Waals surface area contributed by atoms with E-state index in [0.717, 1.165) is 16.7 Å². The standard InChI is InChI=1S/C43H48N6O7Si/c1-42(2,3)57(6,7)56-37-36(50)34(55-41(37)49-39-35(47-48-49)38(44-27-45-39)46-40(51)28-14-10-8-11-15-28)26-54-43(29-16-12-9-13-17-29,30-18-22-32(52-4)23-19-30)31-20-24-33(53-5)25-21-31/h8-25,27,34,36-37,41,50H,26H2,1-7H3,(H,44,45,46,51)/t34-,36-,37-,41-/m1/s1. The number of amides is 1. The summed E-state index contributed by atoms with van der Waals surface area (Å²) in [5.41, 5.74) is 2.39. The summed E-state index contributed by atoms with van der Waals surface area (Å²) in [6, 6.07) is 34.2. The number of methoxy groups -OCH3 is 2. The third-order valence-electron chi connectivity index (χ3n) is 11.0. The molecule has 2 N–H and O–H groups in total. The second-order valence-electron chi connectivity index (χ2n) is 15.5. The molecule has 296 valence electrons. The maximum atomic E-state index is 13.1. The van der Waals surface area contributed by atoms with Gasteiger partial charge in [-0.3, -0.25) is 4.79 Å². The van der Waals surface area contributed by atoms with E-state index in [2.05, 4.69) is 59.5 Å². The van der Waals surface area contributed by atoms with Gasteiger partial charge in [0.2, 0.25) is 0 Å². The van der Waals surface area contributed by atoms with Gasteiger partial charge in [0.25, 0.3) is 5.91 Å². The molecule has 57 heavy (non-hydrogen) atoms. The number of anilines is 1. The molecule has 4 aromatic carbocycles. The molecule has 1 aliphatic heterocycles. The fourth-order valence-corrected chi connectivity index (χ4v) is 8.06. The van der Waals surface area contributed by atoms with E-state index in [1.54, 1.807) is 38.5 Å². The summed E-state index contributed by atoms with van der Waals surface area (Å²) in [4.78, 5) is 21.9. The molecule has 4 atom stereocenters. The van der Waals surface area contributed by atoms with Gasteiger partial charge in [0.15, 0.2) is 31.5 Å². The van der Waals surface area contributed by atoms with E-state index in [1.165, 1.54) is 11.0 Å². The molecule has 0 bridgehead atoms. The number of hydrogen-bond donors (Lipinski definition) is 2. The molecule has 0 radical (unpaired) electrons. The first-order chi connectivity index (χ1) is 27.4. The number of carbonyl (C=O) groups excluding carboxylic acids is 1. The number of aliphatic hydroxyl groups excluding tert-OH is 1. The normalized spacial score (nSPS) is 18.7. The van der Waals surface area contributed by atoms with Crippen LogP contribution in [0.2, 0.25) is 18.1 Å². The summed E-state index contributed by atoms with van der Waals surface area (Å²) in [5.74, 6) is 1.23. The minimum absolute atomic E-state index is 0.0536. The van der Waals surface area contributed by atoms with Crippen LogP contribution in [0.5, 0.6) is 11.5 Å². The van der Waals surface area contributed by atoms with E-state index in [4.69, 9.17) is 23.4 Å². The Morgan fingerprint density at radius 3 is 1.95 bits per heavy atom. The summed E-state index contributed by atoms with van der Waals surface area (Å²) < 4.78 is 33.4. The lowest BCUT2D eigenvalue weighted by molar-refractivity contribution is -0.0966. The summed E-state index contributed by atoms with van der Waals surface area (Å²) in [5, 5.41) is 23.8. The van der Waals surface area contributed by atoms with Gasteiger partial charge in [-0.25, -0.2) is 9.97 Å². The quantitative estimate of drug-likeness (QED) is 0.0907. The Morgan fingerprint density at radius 2 is 1.39 bits per heavy atom. The fraction of sp³-hybridized carbons (Fsp3) is 0.326. The molecular weight excluding hydrogens is 741 g/mol. The number of hydrogen-bond acceptors (Lipinski definition) is 11. The van der Waals surface area contributed by atoms with Crippen LogP contribution in [0.4, 0.5) is 5.82 Å². The molecule has 6 aromatic rings. The lowest BCUT2D eigenvalue weighted by Gasteiger charge is -2.40. The Balaban J connectivity index is 1.28. The van der Waals surface area contributed by atoms with Gasteiger partial charge in [0.05, 0.1) is 20.8 Å². The monoisotopic (exact) mass is 788 g/mol. The topological polar surface area (TPSA) is 152 Å². The highest BCUT2D eigenvalue weighted by molar-refractivity contribution is 6.74. The highest BCUT2D eigenvalue weighted by Crippen LogP contribution is 2.45. The first-order valence-electron chi connectivity index (χ1n) is 18.8. The lowest BCUT2D eigenvalue weighted by atomic mass is 9.80. The van der Waals surface area contributed by atoms with Crippen LogP contribution >= 0.6 is 0 Å². The molecule has 14 heteroatoms. The summed E-state index contributed by atoms with van der Waals surface area (Å²) in [7, 11) is 0.731. The molecule has 7 rings (SSSR count). The van der Waals surface area contributed by atoms with Crippen LogP contribution in [-0.4, -0.2) is 83.4 Å². The van der Waals surface area contributed by atoms with Gasteiger partial charge in [-0.2, -0.15) is 4.68 Å². The number of fused-ring (bicyclic) bond motifs is 1. The number of rotatable bonds is 13. The van der Waals surface area contributed by atoms with Crippen molar-refractivity contribution < 1.29 is 33.3 Å². The third kappa shape index (κ3) is 7.78. The fourth-order valence-electron chi connectivity index (χ4n) is 6.77. The third-order valence-corrected chi connectivity index (χ3v) is 15.4. The lowest BCUT2D eigenvalue weighted by Crippen LogP contribution is -2.49. The van der Waals surface area contributed by atoms with Crippen LogP contribution in [0.3, 0.4) is 0 Å². The first kappa shape index (κ1) is 39.7. The Kier molecular flexibility index (Phi) is 11.3. The molecule has 13 nitrogen and oxygen atoms in total. The van der Waals surface area contributed by atoms with Crippen LogP contribution in [0.25, 0.3) is 11.2 Å². The van der Waals surface area contributed by atoms with Crippen molar-refractivity contribution in [2.24, 2.45) is 0 Å². The number of aliphatic hydroxyl groups is 1. The van der Waals surface area contributed by atoms with Gasteiger partial charge >= 0.3 is 0 Å². The SMILES string of the molecule is COc1ccc(C(OC[C@H]2O[C@@H](n3nnc4c(NC(=O)c5ccccc5)ncnc43)[C@H](O[Si](C)(C)C(C)(C)C)[C@@H]2O)(c2ccccc2)c2ccc(OC)cc2)cc1. The zero-order valence-corrected chi connectivity index (χ0v) is 34.1. The number of nitrogens with one attached hydrogen (secondary N) is 1. The summed E-state index contributed by atoms with van der Waals surface area (Å²) in [6.07, 6.45) is -2.55. The molecule has 0 unspecified atom stereocenters. The largest absolute Gasteiger partial charge is 0.497 e. The zero-order valence-electron chi connectivity index (χ0n) is 33.1. The molecule has 2 aromatic heterocycles. The number of nitrogens with zero attached hydrogens (tertiary/aromatic N) is 5. The molecule has 1 saturated heterocycles. The van der Waals surface area contributed by atoms with Crippen molar-refractivity contribution in [2.75, 3.05) is 26.1 Å². The molecule has 0 aliphatic carbocycles. The second-order valence-corrected chi connectivity index (χ2v) is 20.2. The van der Waals surface area contributed by atoms with Crippen LogP contribution in [0.1, 0.15) is 54.0 Å². The Labute approximate surface area is 333 Å². The number of carbonyl (C=O) groups is 1. The average molecular weight is 789 g/mol. The number of benzene rings is 4. The van der Waals surface area contributed by atoms with Crippen LogP contribution in [0.15, 0.2) is 116 Å². The number of aromatic nitrogens is 5. The summed E-state index contributed by atoms with van der Waals surface area (Å²) in [6.45, 7) is 10.6. The van der Waals surface area contributed by atoms with Crippen LogP contribution in [0, 0.1) is 0 Å². The molecule has 0 spiro atoms. The Hall–Kier alpha value is -5.51. The van der Waals surface area contributed by atoms with Gasteiger partial charge in [-0.15, -0.1) is 5.10 Å². The maximum absolute atomic E-state index is 13.1. The van der Waals surface area contributed by atoms with Crippen LogP contribution in [-0.2, 0) is 19.5 Å². The van der Waals surface area contributed by atoms with Crippen molar-refractivity contribution in [3.8, 4) is 11.5 Å². The van der Waals surface area contributed by atoms with E-state index < -0.39 is 38.5 Å².